The number of benzene rings is 4. The second-order valence-corrected chi connectivity index (χ2v) is 8.90. The molecule has 0 fully saturated rings. The number of carbonyl (C=O) groups is 1. The first-order valence-electron chi connectivity index (χ1n) is 12.3. The quantitative estimate of drug-likeness (QED) is 0.299. The zero-order chi connectivity index (χ0) is 26.5. The van der Waals surface area contributed by atoms with Gasteiger partial charge < -0.3 is 15.0 Å². The van der Waals surface area contributed by atoms with Crippen LogP contribution < -0.4 is 16.0 Å². The Balaban J connectivity index is 1.67. The third kappa shape index (κ3) is 5.11. The van der Waals surface area contributed by atoms with Crippen LogP contribution in [0.1, 0.15) is 28.3 Å². The first kappa shape index (κ1) is 24.7. The number of primary amides is 1. The Morgan fingerprint density at radius 2 is 1.42 bits per heavy atom. The lowest BCUT2D eigenvalue weighted by molar-refractivity contribution is -0.119. The van der Waals surface area contributed by atoms with Crippen LogP contribution >= 0.6 is 0 Å². The summed E-state index contributed by atoms with van der Waals surface area (Å²) in [4.78, 5) is 31.2. The molecule has 1 aromatic heterocycles. The van der Waals surface area contributed by atoms with Gasteiger partial charge in [0.25, 0.3) is 5.56 Å². The number of para-hydroxylation sites is 1. The molecule has 1 unspecified atom stereocenters. The van der Waals surface area contributed by atoms with Crippen molar-refractivity contribution >= 4 is 22.5 Å². The summed E-state index contributed by atoms with van der Waals surface area (Å²) >= 11 is 0. The van der Waals surface area contributed by atoms with Gasteiger partial charge >= 0.3 is 0 Å². The fourth-order valence-electron chi connectivity index (χ4n) is 4.59. The van der Waals surface area contributed by atoms with E-state index >= 15 is 0 Å². The predicted molar refractivity (Wildman–Crippen MR) is 151 cm³/mol. The van der Waals surface area contributed by atoms with Crippen LogP contribution in [0.3, 0.4) is 0 Å². The molecule has 1 amide bonds. The molecule has 188 valence electrons. The molecule has 1 atom stereocenters. The third-order valence-electron chi connectivity index (χ3n) is 6.47. The minimum Gasteiger partial charge on any atom is -0.497 e. The zero-order valence-electron chi connectivity index (χ0n) is 21.0. The summed E-state index contributed by atoms with van der Waals surface area (Å²) < 4.78 is 6.94. The lowest BCUT2D eigenvalue weighted by Crippen LogP contribution is -2.26. The lowest BCUT2D eigenvalue weighted by Gasteiger charge is -2.18. The van der Waals surface area contributed by atoms with Crippen molar-refractivity contribution in [2.24, 2.45) is 10.7 Å². The number of nitrogens with zero attached hydrogens (tertiary/aromatic N) is 2. The van der Waals surface area contributed by atoms with E-state index in [9.17, 15) is 9.59 Å². The molecule has 38 heavy (non-hydrogen) atoms. The second kappa shape index (κ2) is 11.0. The van der Waals surface area contributed by atoms with E-state index in [0.717, 1.165) is 27.8 Å². The first-order chi connectivity index (χ1) is 18.5. The number of hydrogen-bond donors (Lipinski definition) is 1. The van der Waals surface area contributed by atoms with Crippen molar-refractivity contribution in [3.8, 4) is 5.75 Å². The Kier molecular flexibility index (Phi) is 7.13. The lowest BCUT2D eigenvalue weighted by atomic mass is 9.98. The van der Waals surface area contributed by atoms with Crippen LogP contribution in [-0.2, 0) is 11.3 Å². The topological polar surface area (TPSA) is 86.7 Å². The second-order valence-electron chi connectivity index (χ2n) is 8.90. The van der Waals surface area contributed by atoms with Gasteiger partial charge in [-0.05, 0) is 23.8 Å². The highest BCUT2D eigenvalue weighted by molar-refractivity contribution is 6.13. The molecule has 1 heterocycles. The summed E-state index contributed by atoms with van der Waals surface area (Å²) in [5.41, 5.74) is 10.2. The number of aromatic nitrogens is 1. The van der Waals surface area contributed by atoms with Crippen LogP contribution in [0.5, 0.6) is 5.75 Å². The van der Waals surface area contributed by atoms with Gasteiger partial charge in [0, 0.05) is 28.1 Å². The standard InChI is InChI=1S/C32H27N3O3/c1-38-25-18-16-22(17-19-25)21-35-28-15-9-8-14-26(28)27(20-29(35)36)31(32(33)37)34-30(23-10-4-2-5-11-23)24-12-6-3-7-13-24/h2-20,31H,21H2,1H3,(H2,33,37). The number of hydrogen-bond acceptors (Lipinski definition) is 4. The van der Waals surface area contributed by atoms with Crippen LogP contribution in [0.15, 0.2) is 125 Å². The van der Waals surface area contributed by atoms with E-state index in [1.54, 1.807) is 11.7 Å². The Morgan fingerprint density at radius 1 is 0.842 bits per heavy atom. The summed E-state index contributed by atoms with van der Waals surface area (Å²) in [6.45, 7) is 0.368. The van der Waals surface area contributed by atoms with Gasteiger partial charge in [-0.25, -0.2) is 0 Å². The minimum atomic E-state index is -1.06. The number of fused-ring (bicyclic) bond motifs is 1. The zero-order valence-corrected chi connectivity index (χ0v) is 21.0. The minimum absolute atomic E-state index is 0.239. The molecule has 0 aliphatic carbocycles. The van der Waals surface area contributed by atoms with E-state index in [-0.39, 0.29) is 5.56 Å². The fraction of sp³-hybridized carbons (Fsp3) is 0.0938. The van der Waals surface area contributed by atoms with Crippen molar-refractivity contribution in [1.29, 1.82) is 0 Å². The van der Waals surface area contributed by atoms with Crippen LogP contribution in [-0.4, -0.2) is 23.3 Å². The van der Waals surface area contributed by atoms with Crippen molar-refractivity contribution in [1.82, 2.24) is 4.57 Å². The molecule has 6 heteroatoms. The van der Waals surface area contributed by atoms with Crippen LogP contribution in [0.2, 0.25) is 0 Å². The molecule has 0 bridgehead atoms. The van der Waals surface area contributed by atoms with Gasteiger partial charge in [0.2, 0.25) is 5.91 Å². The summed E-state index contributed by atoms with van der Waals surface area (Å²) in [6, 6.07) is 34.8. The monoisotopic (exact) mass is 501 g/mol. The van der Waals surface area contributed by atoms with Crippen LogP contribution in [0, 0.1) is 0 Å². The van der Waals surface area contributed by atoms with Crippen LogP contribution in [0.25, 0.3) is 10.9 Å². The smallest absolute Gasteiger partial charge is 0.251 e. The Bertz CT molecular complexity index is 1620. The van der Waals surface area contributed by atoms with Crippen LogP contribution in [0.4, 0.5) is 0 Å². The molecule has 0 radical (unpaired) electrons. The van der Waals surface area contributed by atoms with E-state index in [1.165, 1.54) is 6.07 Å². The fourth-order valence-corrected chi connectivity index (χ4v) is 4.59. The highest BCUT2D eigenvalue weighted by Crippen LogP contribution is 2.28. The molecule has 2 N–H and O–H groups in total. The summed E-state index contributed by atoms with van der Waals surface area (Å²) in [7, 11) is 1.62. The molecule has 0 aliphatic rings. The highest BCUT2D eigenvalue weighted by Gasteiger charge is 2.23. The Morgan fingerprint density at radius 3 is 2.00 bits per heavy atom. The Labute approximate surface area is 220 Å². The number of methoxy groups -OCH3 is 1. The van der Waals surface area contributed by atoms with E-state index < -0.39 is 11.9 Å². The summed E-state index contributed by atoms with van der Waals surface area (Å²) in [6.07, 6.45) is 0. The SMILES string of the molecule is COc1ccc(Cn2c(=O)cc(C(N=C(c3ccccc3)c3ccccc3)C(N)=O)c3ccccc32)cc1. The van der Waals surface area contributed by atoms with Gasteiger partial charge in [-0.15, -0.1) is 0 Å². The molecule has 5 rings (SSSR count). The van der Waals surface area contributed by atoms with Gasteiger partial charge in [0.15, 0.2) is 6.04 Å². The maximum absolute atomic E-state index is 13.5. The van der Waals surface area contributed by atoms with E-state index in [2.05, 4.69) is 0 Å². The van der Waals surface area contributed by atoms with E-state index in [0.29, 0.717) is 23.3 Å². The number of amides is 1. The molecule has 4 aromatic carbocycles. The van der Waals surface area contributed by atoms with Gasteiger partial charge in [0.05, 0.1) is 24.9 Å². The predicted octanol–water partition coefficient (Wildman–Crippen LogP) is 5.12. The van der Waals surface area contributed by atoms with Crippen molar-refractivity contribution in [2.45, 2.75) is 12.6 Å². The summed E-state index contributed by atoms with van der Waals surface area (Å²) in [5, 5.41) is 0.744. The number of nitrogens with two attached hydrogens (primary N) is 1. The highest BCUT2D eigenvalue weighted by atomic mass is 16.5. The number of aliphatic imine (C=N–C) groups is 1. The van der Waals surface area contributed by atoms with Crippen molar-refractivity contribution < 1.29 is 9.53 Å². The number of carbonyl (C=O) groups excluding carboxylic acids is 1. The largest absolute Gasteiger partial charge is 0.497 e. The average molecular weight is 502 g/mol. The number of rotatable bonds is 8. The maximum Gasteiger partial charge on any atom is 0.251 e. The Hall–Kier alpha value is -4.97. The average Bonchev–Trinajstić information content (AvgIpc) is 2.96. The van der Waals surface area contributed by atoms with Crippen molar-refractivity contribution in [3.05, 3.63) is 148 Å². The van der Waals surface area contributed by atoms with Gasteiger partial charge in [-0.1, -0.05) is 91.0 Å². The van der Waals surface area contributed by atoms with Gasteiger partial charge in [-0.2, -0.15) is 0 Å². The van der Waals surface area contributed by atoms with Crippen molar-refractivity contribution in [3.63, 3.8) is 0 Å². The molecule has 0 spiro atoms. The first-order valence-corrected chi connectivity index (χ1v) is 12.3. The molecule has 0 aliphatic heterocycles. The van der Waals surface area contributed by atoms with E-state index in [1.807, 2.05) is 109 Å². The summed E-state index contributed by atoms with van der Waals surface area (Å²) in [5.74, 6) is 0.114. The van der Waals surface area contributed by atoms with Gasteiger partial charge in [0.1, 0.15) is 5.75 Å². The van der Waals surface area contributed by atoms with Gasteiger partial charge in [-0.3, -0.25) is 14.6 Å². The normalized spacial score (nSPS) is 11.6. The van der Waals surface area contributed by atoms with Crippen molar-refractivity contribution in [2.75, 3.05) is 7.11 Å². The molecule has 6 nitrogen and oxygen atoms in total. The maximum atomic E-state index is 13.5. The molecule has 0 saturated heterocycles. The molecule has 5 aromatic rings. The molecular formula is C32H27N3O3. The number of ether oxygens (including phenoxy) is 1. The van der Waals surface area contributed by atoms with E-state index in [4.69, 9.17) is 15.5 Å². The number of pyridine rings is 1. The molecular weight excluding hydrogens is 474 g/mol. The molecule has 0 saturated carbocycles. The third-order valence-corrected chi connectivity index (χ3v) is 6.47.